The Morgan fingerprint density at radius 1 is 1.25 bits per heavy atom. The van der Waals surface area contributed by atoms with E-state index in [1.807, 2.05) is 12.1 Å². The average Bonchev–Trinajstić information content (AvgIpc) is 3.07. The van der Waals surface area contributed by atoms with Gasteiger partial charge in [-0.3, -0.25) is 0 Å². The molecule has 24 heavy (non-hydrogen) atoms. The van der Waals surface area contributed by atoms with E-state index in [0.29, 0.717) is 10.2 Å². The molecule has 1 aliphatic rings. The fourth-order valence-corrected chi connectivity index (χ4v) is 4.94. The predicted molar refractivity (Wildman–Crippen MR) is 101 cm³/mol. The summed E-state index contributed by atoms with van der Waals surface area (Å²) in [6.45, 7) is 0. The van der Waals surface area contributed by atoms with Crippen LogP contribution in [0.15, 0.2) is 18.2 Å². The molecule has 1 aromatic carbocycles. The number of nitrogen functional groups attached to an aromatic ring is 1. The number of fused-ring (bicyclic) bond motifs is 3. The van der Waals surface area contributed by atoms with E-state index in [9.17, 15) is 0 Å². The first kappa shape index (κ1) is 15.7. The molecule has 0 aliphatic heterocycles. The molecule has 124 valence electrons. The summed E-state index contributed by atoms with van der Waals surface area (Å²) in [6, 6.07) is 5.47. The molecule has 1 aliphatic carbocycles. The molecule has 0 fully saturated rings. The van der Waals surface area contributed by atoms with E-state index in [-0.39, 0.29) is 0 Å². The largest absolute Gasteiger partial charge is 0.495 e. The normalized spacial score (nSPS) is 13.1. The van der Waals surface area contributed by atoms with Crippen molar-refractivity contribution in [1.29, 1.82) is 0 Å². The van der Waals surface area contributed by atoms with Crippen molar-refractivity contribution in [3.05, 3.63) is 33.8 Å². The molecule has 0 unspecified atom stereocenters. The number of hydrogen-bond donors (Lipinski definition) is 2. The van der Waals surface area contributed by atoms with E-state index in [0.717, 1.165) is 52.1 Å². The fraction of sp³-hybridized carbons (Fsp3) is 0.250. The Labute approximate surface area is 152 Å². The minimum atomic E-state index is 0.618. The van der Waals surface area contributed by atoms with E-state index in [1.165, 1.54) is 4.88 Å². The zero-order valence-electron chi connectivity index (χ0n) is 12.9. The summed E-state index contributed by atoms with van der Waals surface area (Å²) in [6.07, 6.45) is 3.02. The first-order valence-corrected chi connectivity index (χ1v) is 9.51. The highest BCUT2D eigenvalue weighted by atomic mass is 35.5. The number of ether oxygens (including phenoxy) is 1. The number of anilines is 3. The van der Waals surface area contributed by atoms with E-state index in [1.54, 1.807) is 35.8 Å². The van der Waals surface area contributed by atoms with Gasteiger partial charge in [-0.05, 0) is 37.5 Å². The molecule has 0 atom stereocenters. The summed E-state index contributed by atoms with van der Waals surface area (Å²) in [5.41, 5.74) is 8.76. The molecule has 8 heteroatoms. The molecule has 0 radical (unpaired) electrons. The van der Waals surface area contributed by atoms with Gasteiger partial charge in [0.1, 0.15) is 5.75 Å². The van der Waals surface area contributed by atoms with Crippen molar-refractivity contribution in [2.45, 2.75) is 19.3 Å². The first-order valence-electron chi connectivity index (χ1n) is 7.50. The minimum Gasteiger partial charge on any atom is -0.495 e. The van der Waals surface area contributed by atoms with Crippen LogP contribution in [0.1, 0.15) is 17.0 Å². The van der Waals surface area contributed by atoms with E-state index < -0.39 is 0 Å². The van der Waals surface area contributed by atoms with Gasteiger partial charge in [-0.2, -0.15) is 0 Å². The van der Waals surface area contributed by atoms with Gasteiger partial charge in [0.25, 0.3) is 0 Å². The SMILES string of the molecule is COc1ccc(Cl)cc1Nc1nc2c(s1)-c1nc(N)sc1CCC2. The van der Waals surface area contributed by atoms with Crippen molar-refractivity contribution in [2.75, 3.05) is 18.2 Å². The minimum absolute atomic E-state index is 0.618. The van der Waals surface area contributed by atoms with Crippen LogP contribution in [0.3, 0.4) is 0 Å². The second-order valence-electron chi connectivity index (χ2n) is 5.44. The summed E-state index contributed by atoms with van der Waals surface area (Å²) >= 11 is 9.27. The summed E-state index contributed by atoms with van der Waals surface area (Å²) in [7, 11) is 1.63. The summed E-state index contributed by atoms with van der Waals surface area (Å²) in [5, 5.41) is 5.39. The van der Waals surface area contributed by atoms with Gasteiger partial charge in [0.2, 0.25) is 0 Å². The van der Waals surface area contributed by atoms with Crippen LogP contribution in [0.2, 0.25) is 5.02 Å². The maximum Gasteiger partial charge on any atom is 0.188 e. The molecule has 2 heterocycles. The molecule has 3 aromatic rings. The van der Waals surface area contributed by atoms with Crippen molar-refractivity contribution in [3.8, 4) is 16.3 Å². The number of hydrogen-bond acceptors (Lipinski definition) is 7. The van der Waals surface area contributed by atoms with Crippen LogP contribution in [0.5, 0.6) is 5.75 Å². The van der Waals surface area contributed by atoms with E-state index >= 15 is 0 Å². The molecular formula is C16H15ClN4OS2. The summed E-state index contributed by atoms with van der Waals surface area (Å²) in [5.74, 6) is 0.725. The molecular weight excluding hydrogens is 364 g/mol. The number of nitrogens with one attached hydrogen (secondary N) is 1. The van der Waals surface area contributed by atoms with Crippen molar-refractivity contribution in [1.82, 2.24) is 9.97 Å². The van der Waals surface area contributed by atoms with Gasteiger partial charge in [-0.15, -0.1) is 11.3 Å². The molecule has 0 saturated heterocycles. The number of methoxy groups -OCH3 is 1. The van der Waals surface area contributed by atoms with Crippen LogP contribution in [0, 0.1) is 0 Å². The van der Waals surface area contributed by atoms with Gasteiger partial charge in [0.05, 0.1) is 29.1 Å². The van der Waals surface area contributed by atoms with Crippen LogP contribution in [-0.4, -0.2) is 17.1 Å². The van der Waals surface area contributed by atoms with Crippen molar-refractivity contribution in [2.24, 2.45) is 0 Å². The van der Waals surface area contributed by atoms with Gasteiger partial charge in [-0.1, -0.05) is 22.9 Å². The maximum absolute atomic E-state index is 6.10. The van der Waals surface area contributed by atoms with Gasteiger partial charge < -0.3 is 15.8 Å². The number of nitrogens with zero attached hydrogens (tertiary/aromatic N) is 2. The van der Waals surface area contributed by atoms with Gasteiger partial charge in [0.15, 0.2) is 10.3 Å². The zero-order chi connectivity index (χ0) is 16.7. The lowest BCUT2D eigenvalue weighted by Gasteiger charge is -2.09. The predicted octanol–water partition coefficient (Wildman–Crippen LogP) is 4.74. The number of thiazole rings is 2. The van der Waals surface area contributed by atoms with Crippen LogP contribution in [0.25, 0.3) is 10.6 Å². The number of aryl methyl sites for hydroxylation is 2. The van der Waals surface area contributed by atoms with Gasteiger partial charge >= 0.3 is 0 Å². The smallest absolute Gasteiger partial charge is 0.188 e. The first-order chi connectivity index (χ1) is 11.6. The number of benzene rings is 1. The van der Waals surface area contributed by atoms with Crippen LogP contribution >= 0.6 is 34.3 Å². The molecule has 5 nitrogen and oxygen atoms in total. The van der Waals surface area contributed by atoms with Crippen LogP contribution in [-0.2, 0) is 12.8 Å². The Bertz CT molecular complexity index is 906. The Kier molecular flexibility index (Phi) is 4.07. The third-order valence-electron chi connectivity index (χ3n) is 3.85. The zero-order valence-corrected chi connectivity index (χ0v) is 15.3. The lowest BCUT2D eigenvalue weighted by atomic mass is 10.2. The second-order valence-corrected chi connectivity index (χ2v) is 7.99. The summed E-state index contributed by atoms with van der Waals surface area (Å²) < 4.78 is 5.38. The van der Waals surface area contributed by atoms with Crippen molar-refractivity contribution >= 4 is 50.2 Å². The highest BCUT2D eigenvalue weighted by Crippen LogP contribution is 2.42. The molecule has 3 N–H and O–H groups in total. The van der Waals surface area contributed by atoms with E-state index in [4.69, 9.17) is 27.1 Å². The number of nitrogens with two attached hydrogens (primary N) is 1. The quantitative estimate of drug-likeness (QED) is 0.688. The summed E-state index contributed by atoms with van der Waals surface area (Å²) in [4.78, 5) is 11.6. The van der Waals surface area contributed by atoms with Crippen molar-refractivity contribution in [3.63, 3.8) is 0 Å². The Hall–Kier alpha value is -1.83. The monoisotopic (exact) mass is 378 g/mol. The third-order valence-corrected chi connectivity index (χ3v) is 6.05. The Balaban J connectivity index is 1.72. The second kappa shape index (κ2) is 6.23. The lowest BCUT2D eigenvalue weighted by molar-refractivity contribution is 0.417. The Morgan fingerprint density at radius 2 is 2.12 bits per heavy atom. The van der Waals surface area contributed by atoms with Gasteiger partial charge in [0, 0.05) is 9.90 Å². The van der Waals surface area contributed by atoms with Crippen LogP contribution in [0.4, 0.5) is 16.0 Å². The number of halogens is 1. The van der Waals surface area contributed by atoms with Gasteiger partial charge in [-0.25, -0.2) is 9.97 Å². The molecule has 0 bridgehead atoms. The third kappa shape index (κ3) is 2.83. The lowest BCUT2D eigenvalue weighted by Crippen LogP contribution is -1.95. The topological polar surface area (TPSA) is 73.1 Å². The molecule has 0 saturated carbocycles. The molecule has 2 aromatic heterocycles. The van der Waals surface area contributed by atoms with Crippen molar-refractivity contribution < 1.29 is 4.74 Å². The maximum atomic E-state index is 6.10. The highest BCUT2D eigenvalue weighted by molar-refractivity contribution is 7.20. The molecule has 4 rings (SSSR count). The average molecular weight is 379 g/mol. The fourth-order valence-electron chi connectivity index (χ4n) is 2.79. The van der Waals surface area contributed by atoms with Crippen LogP contribution < -0.4 is 15.8 Å². The van der Waals surface area contributed by atoms with E-state index in [2.05, 4.69) is 10.3 Å². The highest BCUT2D eigenvalue weighted by Gasteiger charge is 2.23. The number of rotatable bonds is 3. The Morgan fingerprint density at radius 3 is 2.96 bits per heavy atom. The number of aromatic nitrogens is 2. The standard InChI is InChI=1S/C16H15ClN4OS2/c1-22-11-6-5-8(17)7-10(11)20-16-19-9-3-2-4-12-13(14(9)24-16)21-15(18)23-12/h5-7H,2-4H2,1H3,(H2,18,21)(H,19,20). The molecule has 0 spiro atoms. The molecule has 0 amide bonds.